The van der Waals surface area contributed by atoms with Gasteiger partial charge in [0.05, 0.1) is 12.2 Å². The summed E-state index contributed by atoms with van der Waals surface area (Å²) in [5, 5.41) is 12.1. The highest BCUT2D eigenvalue weighted by Gasteiger charge is 2.31. The number of nitrogens with one attached hydrogen (secondary N) is 1. The fraction of sp³-hybridized carbons (Fsp3) is 0.923. The second-order valence-electron chi connectivity index (χ2n) is 5.17. The van der Waals surface area contributed by atoms with Crippen molar-refractivity contribution in [1.82, 2.24) is 5.32 Å². The van der Waals surface area contributed by atoms with Gasteiger partial charge in [0.25, 0.3) is 0 Å². The van der Waals surface area contributed by atoms with E-state index in [1.54, 1.807) is 6.92 Å². The fourth-order valence-electron chi connectivity index (χ4n) is 2.38. The summed E-state index contributed by atoms with van der Waals surface area (Å²) >= 11 is 0. The van der Waals surface area contributed by atoms with Gasteiger partial charge in [0.2, 0.25) is 5.91 Å². The summed E-state index contributed by atoms with van der Waals surface area (Å²) in [5.74, 6) is 0.573. The van der Waals surface area contributed by atoms with Crippen molar-refractivity contribution in [2.24, 2.45) is 5.92 Å². The fourth-order valence-corrected chi connectivity index (χ4v) is 2.38. The Morgan fingerprint density at radius 2 is 2.12 bits per heavy atom. The third kappa shape index (κ3) is 5.50. The Morgan fingerprint density at radius 3 is 2.65 bits per heavy atom. The smallest absolute Gasteiger partial charge is 0.220 e. The van der Waals surface area contributed by atoms with E-state index in [0.29, 0.717) is 24.9 Å². The molecule has 0 radical (unpaired) electrons. The summed E-state index contributed by atoms with van der Waals surface area (Å²) in [6.45, 7) is 6.42. The summed E-state index contributed by atoms with van der Waals surface area (Å²) in [5.41, 5.74) is 0. The summed E-state index contributed by atoms with van der Waals surface area (Å²) < 4.78 is 5.46. The van der Waals surface area contributed by atoms with Crippen molar-refractivity contribution < 1.29 is 14.6 Å². The second kappa shape index (κ2) is 6.97. The molecule has 2 unspecified atom stereocenters. The van der Waals surface area contributed by atoms with Crippen LogP contribution in [0.1, 0.15) is 46.5 Å². The Kier molecular flexibility index (Phi) is 5.92. The average Bonchev–Trinajstić information content (AvgIpc) is 2.12. The van der Waals surface area contributed by atoms with Crippen LogP contribution >= 0.6 is 0 Å². The maximum Gasteiger partial charge on any atom is 0.220 e. The normalized spacial score (nSPS) is 27.1. The molecule has 4 heteroatoms. The maximum absolute atomic E-state index is 11.7. The highest BCUT2D eigenvalue weighted by Crippen LogP contribution is 2.32. The van der Waals surface area contributed by atoms with Crippen molar-refractivity contribution in [2.45, 2.75) is 64.7 Å². The van der Waals surface area contributed by atoms with E-state index in [4.69, 9.17) is 4.74 Å². The molecule has 1 aliphatic carbocycles. The van der Waals surface area contributed by atoms with E-state index in [0.717, 1.165) is 19.4 Å². The highest BCUT2D eigenvalue weighted by molar-refractivity contribution is 5.76. The van der Waals surface area contributed by atoms with Gasteiger partial charge in [0, 0.05) is 19.1 Å². The maximum atomic E-state index is 11.7. The quantitative estimate of drug-likeness (QED) is 0.712. The molecule has 1 amide bonds. The summed E-state index contributed by atoms with van der Waals surface area (Å²) in [6, 6.07) is 0.0465. The molecule has 1 saturated carbocycles. The van der Waals surface area contributed by atoms with Gasteiger partial charge in [-0.1, -0.05) is 0 Å². The van der Waals surface area contributed by atoms with Crippen molar-refractivity contribution in [3.63, 3.8) is 0 Å². The molecule has 2 atom stereocenters. The van der Waals surface area contributed by atoms with E-state index < -0.39 is 0 Å². The van der Waals surface area contributed by atoms with Gasteiger partial charge in [0.15, 0.2) is 0 Å². The van der Waals surface area contributed by atoms with E-state index in [9.17, 15) is 9.90 Å². The van der Waals surface area contributed by atoms with E-state index >= 15 is 0 Å². The van der Waals surface area contributed by atoms with E-state index in [1.165, 1.54) is 0 Å². The standard InChI is InChI=1S/C13H25NO3/c1-4-17-12-6-11(7-12)8-13(16)14-9(2)5-10(3)15/h9-12,15H,4-8H2,1-3H3,(H,14,16). The molecule has 0 aromatic carbocycles. The van der Waals surface area contributed by atoms with Gasteiger partial charge >= 0.3 is 0 Å². The first kappa shape index (κ1) is 14.5. The Morgan fingerprint density at radius 1 is 1.47 bits per heavy atom. The van der Waals surface area contributed by atoms with Crippen LogP contribution < -0.4 is 5.32 Å². The second-order valence-corrected chi connectivity index (χ2v) is 5.17. The number of carbonyl (C=O) groups is 1. The number of amides is 1. The lowest BCUT2D eigenvalue weighted by Gasteiger charge is -2.34. The number of aliphatic hydroxyl groups is 1. The summed E-state index contributed by atoms with van der Waals surface area (Å²) in [7, 11) is 0. The molecule has 4 nitrogen and oxygen atoms in total. The van der Waals surface area contributed by atoms with E-state index in [1.807, 2.05) is 13.8 Å². The number of aliphatic hydroxyl groups excluding tert-OH is 1. The minimum Gasteiger partial charge on any atom is -0.393 e. The zero-order valence-corrected chi connectivity index (χ0v) is 11.1. The third-order valence-electron chi connectivity index (χ3n) is 3.17. The van der Waals surface area contributed by atoms with Crippen molar-refractivity contribution in [3.05, 3.63) is 0 Å². The van der Waals surface area contributed by atoms with Crippen LogP contribution in [0.3, 0.4) is 0 Å². The molecule has 0 saturated heterocycles. The first-order chi connectivity index (χ1) is 8.01. The molecule has 0 spiro atoms. The van der Waals surface area contributed by atoms with Crippen molar-refractivity contribution in [2.75, 3.05) is 6.61 Å². The number of hydrogen-bond acceptors (Lipinski definition) is 3. The Bertz CT molecular complexity index is 237. The van der Waals surface area contributed by atoms with E-state index in [2.05, 4.69) is 5.32 Å². The van der Waals surface area contributed by atoms with Gasteiger partial charge < -0.3 is 15.2 Å². The highest BCUT2D eigenvalue weighted by atomic mass is 16.5. The van der Waals surface area contributed by atoms with Crippen LogP contribution in [0.15, 0.2) is 0 Å². The number of hydrogen-bond donors (Lipinski definition) is 2. The molecule has 1 aliphatic rings. The zero-order chi connectivity index (χ0) is 12.8. The predicted octanol–water partition coefficient (Wildman–Crippen LogP) is 1.47. The molecule has 17 heavy (non-hydrogen) atoms. The Balaban J connectivity index is 2.10. The van der Waals surface area contributed by atoms with Crippen LogP contribution in [-0.4, -0.2) is 35.9 Å². The van der Waals surface area contributed by atoms with Gasteiger partial charge in [-0.3, -0.25) is 4.79 Å². The molecule has 1 fully saturated rings. The number of carbonyl (C=O) groups excluding carboxylic acids is 1. The molecule has 0 bridgehead atoms. The Labute approximate surface area is 104 Å². The molecular weight excluding hydrogens is 218 g/mol. The van der Waals surface area contributed by atoms with Gasteiger partial charge in [-0.25, -0.2) is 0 Å². The van der Waals surface area contributed by atoms with Crippen LogP contribution in [0.2, 0.25) is 0 Å². The van der Waals surface area contributed by atoms with Gasteiger partial charge in [0.1, 0.15) is 0 Å². The molecule has 100 valence electrons. The van der Waals surface area contributed by atoms with E-state index in [-0.39, 0.29) is 18.1 Å². The molecule has 1 rings (SSSR count). The first-order valence-electron chi connectivity index (χ1n) is 6.60. The minimum absolute atomic E-state index is 0.0465. The lowest BCUT2D eigenvalue weighted by Crippen LogP contribution is -2.39. The lowest BCUT2D eigenvalue weighted by atomic mass is 9.80. The molecule has 0 aliphatic heterocycles. The third-order valence-corrected chi connectivity index (χ3v) is 3.17. The molecule has 0 aromatic heterocycles. The SMILES string of the molecule is CCOC1CC(CC(=O)NC(C)CC(C)O)C1. The van der Waals surface area contributed by atoms with Gasteiger partial charge in [-0.2, -0.15) is 0 Å². The minimum atomic E-state index is -0.365. The predicted molar refractivity (Wildman–Crippen MR) is 66.7 cm³/mol. The van der Waals surface area contributed by atoms with Gasteiger partial charge in [-0.15, -0.1) is 0 Å². The zero-order valence-electron chi connectivity index (χ0n) is 11.1. The average molecular weight is 243 g/mol. The topological polar surface area (TPSA) is 58.6 Å². The molecule has 0 heterocycles. The molecule has 2 N–H and O–H groups in total. The summed E-state index contributed by atoms with van der Waals surface area (Å²) in [6.07, 6.45) is 3.22. The lowest BCUT2D eigenvalue weighted by molar-refractivity contribution is -0.125. The van der Waals surface area contributed by atoms with Crippen LogP contribution in [0, 0.1) is 5.92 Å². The Hall–Kier alpha value is -0.610. The summed E-state index contributed by atoms with van der Waals surface area (Å²) in [4.78, 5) is 11.7. The van der Waals surface area contributed by atoms with Crippen LogP contribution in [0.25, 0.3) is 0 Å². The van der Waals surface area contributed by atoms with Crippen molar-refractivity contribution in [1.29, 1.82) is 0 Å². The van der Waals surface area contributed by atoms with Crippen LogP contribution in [0.5, 0.6) is 0 Å². The van der Waals surface area contributed by atoms with Crippen LogP contribution in [-0.2, 0) is 9.53 Å². The van der Waals surface area contributed by atoms with Gasteiger partial charge in [-0.05, 0) is 46.0 Å². The molecule has 0 aromatic rings. The number of ether oxygens (including phenoxy) is 1. The van der Waals surface area contributed by atoms with Crippen molar-refractivity contribution >= 4 is 5.91 Å². The monoisotopic (exact) mass is 243 g/mol. The first-order valence-corrected chi connectivity index (χ1v) is 6.60. The molecular formula is C13H25NO3. The largest absolute Gasteiger partial charge is 0.393 e. The van der Waals surface area contributed by atoms with Crippen molar-refractivity contribution in [3.8, 4) is 0 Å². The van der Waals surface area contributed by atoms with Crippen LogP contribution in [0.4, 0.5) is 0 Å². The number of rotatable bonds is 7.